The smallest absolute Gasteiger partial charge is 0.220 e. The number of hydrogen-bond donors (Lipinski definition) is 1. The molecule has 1 fully saturated rings. The maximum absolute atomic E-state index is 11.1. The molecule has 1 aliphatic rings. The second-order valence-corrected chi connectivity index (χ2v) is 4.23. The largest absolute Gasteiger partial charge is 0.371 e. The second-order valence-electron chi connectivity index (χ2n) is 4.23. The Balaban J connectivity index is 1.84. The van der Waals surface area contributed by atoms with E-state index in [0.29, 0.717) is 13.0 Å². The molecule has 0 aliphatic carbocycles. The number of amides is 1. The summed E-state index contributed by atoms with van der Waals surface area (Å²) in [5.41, 5.74) is 1.17. The second kappa shape index (κ2) is 5.12. The summed E-state index contributed by atoms with van der Waals surface area (Å²) in [5, 5.41) is 2.90. The molecule has 16 heavy (non-hydrogen) atoms. The van der Waals surface area contributed by atoms with Crippen molar-refractivity contribution in [2.75, 3.05) is 0 Å². The fraction of sp³-hybridized carbons (Fsp3) is 0.462. The van der Waals surface area contributed by atoms with Crippen molar-refractivity contribution in [2.45, 2.75) is 38.5 Å². The molecule has 1 aromatic carbocycles. The predicted molar refractivity (Wildman–Crippen MR) is 61.9 cm³/mol. The molecule has 3 heteroatoms. The maximum atomic E-state index is 11.1. The SMILES string of the molecule is C[C@@H]1NC(=O)CC[C@H]1OCc1ccccc1. The highest BCUT2D eigenvalue weighted by atomic mass is 16.5. The number of rotatable bonds is 3. The first-order chi connectivity index (χ1) is 7.75. The van der Waals surface area contributed by atoms with Crippen molar-refractivity contribution >= 4 is 5.91 Å². The van der Waals surface area contributed by atoms with Crippen molar-refractivity contribution in [2.24, 2.45) is 0 Å². The summed E-state index contributed by atoms with van der Waals surface area (Å²) in [4.78, 5) is 11.1. The van der Waals surface area contributed by atoms with Gasteiger partial charge in [-0.15, -0.1) is 0 Å². The molecule has 3 nitrogen and oxygen atoms in total. The lowest BCUT2D eigenvalue weighted by molar-refractivity contribution is -0.127. The van der Waals surface area contributed by atoms with Crippen molar-refractivity contribution in [3.8, 4) is 0 Å². The van der Waals surface area contributed by atoms with E-state index in [1.807, 2.05) is 37.3 Å². The molecule has 0 unspecified atom stereocenters. The third-order valence-electron chi connectivity index (χ3n) is 2.91. The van der Waals surface area contributed by atoms with E-state index in [1.165, 1.54) is 5.56 Å². The van der Waals surface area contributed by atoms with Crippen LogP contribution in [-0.2, 0) is 16.1 Å². The summed E-state index contributed by atoms with van der Waals surface area (Å²) >= 11 is 0. The van der Waals surface area contributed by atoms with Gasteiger partial charge in [-0.2, -0.15) is 0 Å². The average molecular weight is 219 g/mol. The zero-order chi connectivity index (χ0) is 11.4. The number of carbonyl (C=O) groups is 1. The zero-order valence-corrected chi connectivity index (χ0v) is 9.48. The fourth-order valence-corrected chi connectivity index (χ4v) is 1.95. The zero-order valence-electron chi connectivity index (χ0n) is 9.48. The summed E-state index contributed by atoms with van der Waals surface area (Å²) in [6, 6.07) is 10.2. The van der Waals surface area contributed by atoms with E-state index in [-0.39, 0.29) is 18.1 Å². The van der Waals surface area contributed by atoms with Crippen molar-refractivity contribution in [3.63, 3.8) is 0 Å². The van der Waals surface area contributed by atoms with Crippen LogP contribution in [0.4, 0.5) is 0 Å². The lowest BCUT2D eigenvalue weighted by atomic mass is 10.0. The number of carbonyl (C=O) groups excluding carboxylic acids is 1. The van der Waals surface area contributed by atoms with Crippen LogP contribution in [0.3, 0.4) is 0 Å². The van der Waals surface area contributed by atoms with Gasteiger partial charge in [0.1, 0.15) is 0 Å². The highest BCUT2D eigenvalue weighted by molar-refractivity contribution is 5.77. The van der Waals surface area contributed by atoms with Crippen molar-refractivity contribution in [3.05, 3.63) is 35.9 Å². The Morgan fingerprint density at radius 2 is 2.12 bits per heavy atom. The van der Waals surface area contributed by atoms with Crippen LogP contribution in [0.5, 0.6) is 0 Å². The molecule has 1 aliphatic heterocycles. The highest BCUT2D eigenvalue weighted by Crippen LogP contribution is 2.15. The normalized spacial score (nSPS) is 25.2. The van der Waals surface area contributed by atoms with Crippen LogP contribution in [0.25, 0.3) is 0 Å². The van der Waals surface area contributed by atoms with Crippen LogP contribution in [0.15, 0.2) is 30.3 Å². The van der Waals surface area contributed by atoms with Crippen molar-refractivity contribution < 1.29 is 9.53 Å². The van der Waals surface area contributed by atoms with E-state index in [0.717, 1.165) is 6.42 Å². The van der Waals surface area contributed by atoms with Gasteiger partial charge in [0, 0.05) is 6.42 Å². The van der Waals surface area contributed by atoms with Gasteiger partial charge in [-0.25, -0.2) is 0 Å². The van der Waals surface area contributed by atoms with Gasteiger partial charge in [0.15, 0.2) is 0 Å². The highest BCUT2D eigenvalue weighted by Gasteiger charge is 2.25. The Morgan fingerprint density at radius 1 is 1.38 bits per heavy atom. The van der Waals surface area contributed by atoms with Crippen LogP contribution >= 0.6 is 0 Å². The van der Waals surface area contributed by atoms with E-state index in [1.54, 1.807) is 0 Å². The molecule has 86 valence electrons. The van der Waals surface area contributed by atoms with Gasteiger partial charge >= 0.3 is 0 Å². The Hall–Kier alpha value is -1.35. The molecule has 1 saturated heterocycles. The van der Waals surface area contributed by atoms with Crippen LogP contribution in [-0.4, -0.2) is 18.1 Å². The number of ether oxygens (including phenoxy) is 1. The summed E-state index contributed by atoms with van der Waals surface area (Å²) < 4.78 is 5.81. The molecule has 0 aromatic heterocycles. The van der Waals surface area contributed by atoms with E-state index in [9.17, 15) is 4.79 Å². The molecule has 1 heterocycles. The van der Waals surface area contributed by atoms with Crippen LogP contribution in [0, 0.1) is 0 Å². The minimum absolute atomic E-state index is 0.116. The maximum Gasteiger partial charge on any atom is 0.220 e. The van der Waals surface area contributed by atoms with Gasteiger partial charge in [0.25, 0.3) is 0 Å². The lowest BCUT2D eigenvalue weighted by Crippen LogP contribution is -2.47. The molecule has 1 aromatic rings. The van der Waals surface area contributed by atoms with Crippen molar-refractivity contribution in [1.82, 2.24) is 5.32 Å². The van der Waals surface area contributed by atoms with E-state index >= 15 is 0 Å². The summed E-state index contributed by atoms with van der Waals surface area (Å²) in [6.45, 7) is 2.61. The average Bonchev–Trinajstić information content (AvgIpc) is 2.29. The molecule has 0 spiro atoms. The van der Waals surface area contributed by atoms with Gasteiger partial charge in [-0.05, 0) is 18.9 Å². The van der Waals surface area contributed by atoms with E-state index in [2.05, 4.69) is 5.32 Å². The van der Waals surface area contributed by atoms with E-state index in [4.69, 9.17) is 4.74 Å². The Kier molecular flexibility index (Phi) is 3.57. The predicted octanol–water partition coefficient (Wildman–Crippen LogP) is 1.87. The number of hydrogen-bond acceptors (Lipinski definition) is 2. The summed E-state index contributed by atoms with van der Waals surface area (Å²) in [6.07, 6.45) is 1.53. The standard InChI is InChI=1S/C13H17NO2/c1-10-12(7-8-13(15)14-10)16-9-11-5-3-2-4-6-11/h2-6,10,12H,7-9H2,1H3,(H,14,15)/t10-,12+/m0/s1. The van der Waals surface area contributed by atoms with Crippen LogP contribution in [0.1, 0.15) is 25.3 Å². The first-order valence-corrected chi connectivity index (χ1v) is 5.70. The number of nitrogens with one attached hydrogen (secondary N) is 1. The van der Waals surface area contributed by atoms with Crippen molar-refractivity contribution in [1.29, 1.82) is 0 Å². The topological polar surface area (TPSA) is 38.3 Å². The van der Waals surface area contributed by atoms with E-state index < -0.39 is 0 Å². The Labute approximate surface area is 95.8 Å². The molecular weight excluding hydrogens is 202 g/mol. The molecule has 2 atom stereocenters. The van der Waals surface area contributed by atoms with Gasteiger partial charge in [0.2, 0.25) is 5.91 Å². The number of benzene rings is 1. The summed E-state index contributed by atoms with van der Waals surface area (Å²) in [7, 11) is 0. The van der Waals surface area contributed by atoms with Gasteiger partial charge in [0.05, 0.1) is 18.8 Å². The third kappa shape index (κ3) is 2.83. The quantitative estimate of drug-likeness (QED) is 0.842. The third-order valence-corrected chi connectivity index (χ3v) is 2.91. The molecule has 1 amide bonds. The number of piperidine rings is 1. The van der Waals surface area contributed by atoms with Gasteiger partial charge in [-0.1, -0.05) is 30.3 Å². The lowest BCUT2D eigenvalue weighted by Gasteiger charge is -2.29. The molecule has 1 N–H and O–H groups in total. The Bertz CT molecular complexity index is 350. The van der Waals surface area contributed by atoms with Crippen LogP contribution in [0.2, 0.25) is 0 Å². The minimum atomic E-state index is 0.116. The first kappa shape index (κ1) is 11.1. The molecule has 0 radical (unpaired) electrons. The van der Waals surface area contributed by atoms with Crippen LogP contribution < -0.4 is 5.32 Å². The molecule has 0 bridgehead atoms. The molecule has 2 rings (SSSR count). The molecule has 0 saturated carbocycles. The van der Waals surface area contributed by atoms with Gasteiger partial charge in [-0.3, -0.25) is 4.79 Å². The Morgan fingerprint density at radius 3 is 2.81 bits per heavy atom. The molecular formula is C13H17NO2. The monoisotopic (exact) mass is 219 g/mol. The summed E-state index contributed by atoms with van der Waals surface area (Å²) in [5.74, 6) is 0.132. The van der Waals surface area contributed by atoms with Gasteiger partial charge < -0.3 is 10.1 Å². The fourth-order valence-electron chi connectivity index (χ4n) is 1.95. The first-order valence-electron chi connectivity index (χ1n) is 5.70. The minimum Gasteiger partial charge on any atom is -0.371 e.